The zero-order valence-electron chi connectivity index (χ0n) is 8.93. The van der Waals surface area contributed by atoms with Crippen molar-refractivity contribution in [3.63, 3.8) is 0 Å². The van der Waals surface area contributed by atoms with Crippen LogP contribution in [0.3, 0.4) is 0 Å². The van der Waals surface area contributed by atoms with Crippen molar-refractivity contribution in [1.29, 1.82) is 0 Å². The molecule has 0 bridgehead atoms. The van der Waals surface area contributed by atoms with E-state index in [-0.39, 0.29) is 21.1 Å². The van der Waals surface area contributed by atoms with Crippen LogP contribution >= 0.6 is 0 Å². The first-order chi connectivity index (χ1) is 7.95. The van der Waals surface area contributed by atoms with E-state index in [2.05, 4.69) is 23.3 Å². The Bertz CT molecular complexity index is 570. The van der Waals surface area contributed by atoms with E-state index in [1.807, 2.05) is 51.9 Å². The summed E-state index contributed by atoms with van der Waals surface area (Å²) in [5, 5.41) is 0. The summed E-state index contributed by atoms with van der Waals surface area (Å²) in [6, 6.07) is 13.9. The number of hydrogen-bond acceptors (Lipinski definition) is 1. The molecule has 0 unspecified atom stereocenters. The third-order valence-electron chi connectivity index (χ3n) is 2.42. The van der Waals surface area contributed by atoms with Crippen molar-refractivity contribution in [3.8, 4) is 11.6 Å². The fraction of sp³-hybridized carbons (Fsp3) is 0. The van der Waals surface area contributed by atoms with Crippen molar-refractivity contribution >= 4 is 0 Å². The van der Waals surface area contributed by atoms with E-state index in [4.69, 9.17) is 0 Å². The molecule has 88 valence electrons. The molecule has 0 amide bonds. The number of para-hydroxylation sites is 1. The molecular weight excluding hydrogens is 393 g/mol. The third kappa shape index (κ3) is 2.25. The van der Waals surface area contributed by atoms with Gasteiger partial charge in [0.1, 0.15) is 5.95 Å². The van der Waals surface area contributed by atoms with E-state index in [1.165, 1.54) is 0 Å². The fourth-order valence-electron chi connectivity index (χ4n) is 1.68. The van der Waals surface area contributed by atoms with Gasteiger partial charge in [0.15, 0.2) is 0 Å². The molecule has 0 aliphatic rings. The van der Waals surface area contributed by atoms with E-state index in [1.54, 1.807) is 6.20 Å². The van der Waals surface area contributed by atoms with Crippen molar-refractivity contribution in [2.75, 3.05) is 0 Å². The van der Waals surface area contributed by atoms with E-state index in [9.17, 15) is 0 Å². The van der Waals surface area contributed by atoms with Crippen LogP contribution in [0.1, 0.15) is 0 Å². The Kier molecular flexibility index (Phi) is 3.60. The number of hydrogen-bond donors (Lipinski definition) is 0. The van der Waals surface area contributed by atoms with Gasteiger partial charge >= 0.3 is 0 Å². The summed E-state index contributed by atoms with van der Waals surface area (Å²) in [6.07, 6.45) is 8.75. The number of imidazole rings is 1. The van der Waals surface area contributed by atoms with Gasteiger partial charge in [0.05, 0.1) is 0 Å². The van der Waals surface area contributed by atoms with Crippen LogP contribution in [-0.2, 0) is 21.1 Å². The summed E-state index contributed by atoms with van der Waals surface area (Å²) in [7, 11) is 0. The van der Waals surface area contributed by atoms with Crippen molar-refractivity contribution in [1.82, 2.24) is 14.1 Å². The molecule has 1 aromatic carbocycles. The van der Waals surface area contributed by atoms with Crippen molar-refractivity contribution in [2.45, 2.75) is 0 Å². The van der Waals surface area contributed by atoms with Crippen molar-refractivity contribution in [2.24, 2.45) is 0 Å². The first-order valence-electron chi connectivity index (χ1n) is 5.09. The molecule has 0 N–H and O–H groups in total. The average Bonchev–Trinajstić information content (AvgIpc) is 3.01. The molecular formula is C13H10N3Pt-. The minimum Gasteiger partial charge on any atom is -0.421 e. The molecule has 2 aromatic heterocycles. The number of rotatable bonds is 2. The molecule has 4 heteroatoms. The van der Waals surface area contributed by atoms with E-state index in [0.717, 1.165) is 11.6 Å². The van der Waals surface area contributed by atoms with Crippen LogP contribution in [0.25, 0.3) is 11.6 Å². The zero-order chi connectivity index (χ0) is 10.8. The SMILES string of the molecule is [Pt].[c-]1cccn1-c1nccn1-c1ccccc1. The summed E-state index contributed by atoms with van der Waals surface area (Å²) in [5.41, 5.74) is 1.09. The van der Waals surface area contributed by atoms with Gasteiger partial charge in [-0.05, 0) is 12.1 Å². The molecule has 0 fully saturated rings. The summed E-state index contributed by atoms with van der Waals surface area (Å²) in [4.78, 5) is 4.33. The Balaban J connectivity index is 0.00000108. The maximum atomic E-state index is 4.33. The molecule has 17 heavy (non-hydrogen) atoms. The Morgan fingerprint density at radius 2 is 1.82 bits per heavy atom. The first-order valence-corrected chi connectivity index (χ1v) is 5.09. The minimum atomic E-state index is 0. The number of nitrogens with zero attached hydrogens (tertiary/aromatic N) is 3. The smallest absolute Gasteiger partial charge is 0.133 e. The summed E-state index contributed by atoms with van der Waals surface area (Å²) in [6.45, 7) is 0. The normalized spacial score (nSPS) is 9.88. The Labute approximate surface area is 114 Å². The van der Waals surface area contributed by atoms with Gasteiger partial charge in [0.25, 0.3) is 0 Å². The third-order valence-corrected chi connectivity index (χ3v) is 2.42. The van der Waals surface area contributed by atoms with E-state index >= 15 is 0 Å². The molecule has 0 aliphatic carbocycles. The fourth-order valence-corrected chi connectivity index (χ4v) is 1.68. The minimum absolute atomic E-state index is 0. The van der Waals surface area contributed by atoms with Crippen LogP contribution < -0.4 is 0 Å². The van der Waals surface area contributed by atoms with Gasteiger partial charge in [-0.1, -0.05) is 24.4 Å². The first kappa shape index (κ1) is 11.9. The predicted molar refractivity (Wildman–Crippen MR) is 61.7 cm³/mol. The predicted octanol–water partition coefficient (Wildman–Crippen LogP) is 2.46. The van der Waals surface area contributed by atoms with Gasteiger partial charge in [0.2, 0.25) is 0 Å². The van der Waals surface area contributed by atoms with Crippen molar-refractivity contribution < 1.29 is 21.1 Å². The van der Waals surface area contributed by atoms with Gasteiger partial charge in [-0.25, -0.2) is 0 Å². The molecule has 3 aromatic rings. The maximum Gasteiger partial charge on any atom is 0.133 e. The van der Waals surface area contributed by atoms with E-state index in [0.29, 0.717) is 0 Å². The largest absolute Gasteiger partial charge is 0.421 e. The molecule has 3 rings (SSSR count). The van der Waals surface area contributed by atoms with Gasteiger partial charge in [-0.3, -0.25) is 4.98 Å². The monoisotopic (exact) mass is 403 g/mol. The molecule has 0 saturated heterocycles. The number of aromatic nitrogens is 3. The van der Waals surface area contributed by atoms with Crippen LogP contribution in [0, 0.1) is 6.20 Å². The van der Waals surface area contributed by atoms with Crippen LogP contribution in [0.5, 0.6) is 0 Å². The molecule has 0 spiro atoms. The van der Waals surface area contributed by atoms with Crippen LogP contribution in [-0.4, -0.2) is 14.1 Å². The average molecular weight is 403 g/mol. The van der Waals surface area contributed by atoms with Crippen molar-refractivity contribution in [3.05, 3.63) is 67.3 Å². The van der Waals surface area contributed by atoms with Gasteiger partial charge in [-0.15, -0.1) is 12.3 Å². The Hall–Kier alpha value is -1.60. The van der Waals surface area contributed by atoms with E-state index < -0.39 is 0 Å². The molecule has 0 saturated carbocycles. The second kappa shape index (κ2) is 5.15. The molecule has 3 nitrogen and oxygen atoms in total. The van der Waals surface area contributed by atoms with Crippen LogP contribution in [0.2, 0.25) is 0 Å². The van der Waals surface area contributed by atoms with Gasteiger partial charge in [-0.2, -0.15) is 6.07 Å². The molecule has 2 heterocycles. The summed E-state index contributed by atoms with van der Waals surface area (Å²) >= 11 is 0. The second-order valence-corrected chi connectivity index (χ2v) is 3.44. The van der Waals surface area contributed by atoms with Crippen LogP contribution in [0.15, 0.2) is 61.1 Å². The van der Waals surface area contributed by atoms with Gasteiger partial charge in [0, 0.05) is 39.1 Å². The van der Waals surface area contributed by atoms with Gasteiger partial charge < -0.3 is 9.13 Å². The zero-order valence-corrected chi connectivity index (χ0v) is 11.2. The Morgan fingerprint density at radius 3 is 2.53 bits per heavy atom. The molecule has 0 radical (unpaired) electrons. The maximum absolute atomic E-state index is 4.33. The summed E-state index contributed by atoms with van der Waals surface area (Å²) in [5.74, 6) is 0.844. The summed E-state index contributed by atoms with van der Waals surface area (Å²) < 4.78 is 3.89. The quantitative estimate of drug-likeness (QED) is 0.603. The molecule has 0 aliphatic heterocycles. The molecule has 0 atom stereocenters. The topological polar surface area (TPSA) is 22.8 Å². The Morgan fingerprint density at radius 1 is 1.00 bits per heavy atom. The van der Waals surface area contributed by atoms with Crippen LogP contribution in [0.4, 0.5) is 0 Å². The standard InChI is InChI=1S/C13H10N3.Pt/c1-2-6-12(7-3-1)16-11-8-14-13(16)15-9-4-5-10-15;/h1-9,11H;/q-1;. The second-order valence-electron chi connectivity index (χ2n) is 3.44. The number of benzene rings is 1.